The number of esters is 1. The number of hydrogen-bond donors (Lipinski definition) is 0. The van der Waals surface area contributed by atoms with Crippen LogP contribution in [0, 0.1) is 5.82 Å². The normalized spacial score (nSPS) is 11.0. The van der Waals surface area contributed by atoms with Crippen LogP contribution < -0.4 is 0 Å². The van der Waals surface area contributed by atoms with E-state index in [0.29, 0.717) is 29.2 Å². The molecule has 0 N–H and O–H groups in total. The minimum absolute atomic E-state index is 0.00397. The van der Waals surface area contributed by atoms with Crippen LogP contribution in [0.5, 0.6) is 0 Å². The van der Waals surface area contributed by atoms with Gasteiger partial charge >= 0.3 is 5.97 Å². The Bertz CT molecular complexity index is 643. The predicted molar refractivity (Wildman–Crippen MR) is 75.8 cm³/mol. The van der Waals surface area contributed by atoms with Crippen LogP contribution in [0.25, 0.3) is 11.0 Å². The molecular formula is C13H13Cl2FN2O2. The lowest BCUT2D eigenvalue weighted by molar-refractivity contribution is -0.143. The summed E-state index contributed by atoms with van der Waals surface area (Å²) >= 11 is 11.5. The molecule has 1 aromatic heterocycles. The standard InChI is InChI=1S/C13H13Cl2FN2O2/c1-2-20-13(19)7-18-11-6-9(16)8(15)5-10(11)17-12(18)3-4-14/h5-6H,2-4,7H2,1H3. The number of hydrogen-bond acceptors (Lipinski definition) is 3. The smallest absolute Gasteiger partial charge is 0.326 e. The Balaban J connectivity index is 2.50. The molecule has 0 amide bonds. The number of carbonyl (C=O) groups is 1. The highest BCUT2D eigenvalue weighted by molar-refractivity contribution is 6.31. The van der Waals surface area contributed by atoms with Crippen molar-refractivity contribution in [3.8, 4) is 0 Å². The minimum atomic E-state index is -0.554. The number of aromatic nitrogens is 2. The number of fused-ring (bicyclic) bond motifs is 1. The molecule has 0 aliphatic carbocycles. The number of alkyl halides is 1. The van der Waals surface area contributed by atoms with Gasteiger partial charge in [0.05, 0.1) is 22.7 Å². The maximum absolute atomic E-state index is 13.6. The maximum atomic E-state index is 13.6. The molecule has 2 rings (SSSR count). The number of ether oxygens (including phenoxy) is 1. The average molecular weight is 319 g/mol. The minimum Gasteiger partial charge on any atom is -0.465 e. The molecule has 1 aromatic carbocycles. The van der Waals surface area contributed by atoms with Crippen LogP contribution in [0.15, 0.2) is 12.1 Å². The average Bonchev–Trinajstić information content (AvgIpc) is 2.69. The Morgan fingerprint density at radius 2 is 2.25 bits per heavy atom. The van der Waals surface area contributed by atoms with Gasteiger partial charge < -0.3 is 9.30 Å². The van der Waals surface area contributed by atoms with Crippen molar-refractivity contribution >= 4 is 40.2 Å². The molecule has 2 aromatic rings. The molecule has 0 aliphatic rings. The second-order valence-electron chi connectivity index (χ2n) is 4.11. The molecule has 0 unspecified atom stereocenters. The van der Waals surface area contributed by atoms with Crippen molar-refractivity contribution in [2.75, 3.05) is 12.5 Å². The van der Waals surface area contributed by atoms with E-state index in [-0.39, 0.29) is 18.2 Å². The van der Waals surface area contributed by atoms with Crippen LogP contribution in [0.2, 0.25) is 5.02 Å². The molecule has 0 radical (unpaired) electrons. The van der Waals surface area contributed by atoms with Crippen LogP contribution in [-0.2, 0) is 22.5 Å². The van der Waals surface area contributed by atoms with Gasteiger partial charge in [0, 0.05) is 18.4 Å². The highest BCUT2D eigenvalue weighted by Crippen LogP contribution is 2.24. The zero-order chi connectivity index (χ0) is 14.7. The zero-order valence-electron chi connectivity index (χ0n) is 10.8. The van der Waals surface area contributed by atoms with E-state index in [0.717, 1.165) is 0 Å². The highest BCUT2D eigenvalue weighted by Gasteiger charge is 2.16. The van der Waals surface area contributed by atoms with E-state index in [2.05, 4.69) is 4.98 Å². The van der Waals surface area contributed by atoms with Crippen molar-refractivity contribution in [1.29, 1.82) is 0 Å². The van der Waals surface area contributed by atoms with Crippen molar-refractivity contribution in [2.24, 2.45) is 0 Å². The molecule has 108 valence electrons. The van der Waals surface area contributed by atoms with Gasteiger partial charge in [0.2, 0.25) is 0 Å². The first kappa shape index (κ1) is 15.1. The highest BCUT2D eigenvalue weighted by atomic mass is 35.5. The summed E-state index contributed by atoms with van der Waals surface area (Å²) in [5.41, 5.74) is 1.03. The number of imidazole rings is 1. The molecule has 0 aliphatic heterocycles. The van der Waals surface area contributed by atoms with Gasteiger partial charge in [-0.3, -0.25) is 4.79 Å². The predicted octanol–water partition coefficient (Wildman–Crippen LogP) is 3.17. The van der Waals surface area contributed by atoms with E-state index in [1.807, 2.05) is 0 Å². The molecule has 0 spiro atoms. The summed E-state index contributed by atoms with van der Waals surface area (Å²) in [7, 11) is 0. The Hall–Kier alpha value is -1.33. The topological polar surface area (TPSA) is 44.1 Å². The van der Waals surface area contributed by atoms with Crippen molar-refractivity contribution in [2.45, 2.75) is 19.9 Å². The lowest BCUT2D eigenvalue weighted by Gasteiger charge is -2.08. The third-order valence-corrected chi connectivity index (χ3v) is 3.26. The Labute approximate surface area is 125 Å². The van der Waals surface area contributed by atoms with Crippen molar-refractivity contribution in [1.82, 2.24) is 9.55 Å². The summed E-state index contributed by atoms with van der Waals surface area (Å²) in [5, 5.41) is -0.00397. The molecule has 0 bridgehead atoms. The van der Waals surface area contributed by atoms with Gasteiger partial charge in [-0.05, 0) is 13.0 Å². The first-order valence-electron chi connectivity index (χ1n) is 6.12. The zero-order valence-corrected chi connectivity index (χ0v) is 12.3. The fraction of sp³-hybridized carbons (Fsp3) is 0.385. The quantitative estimate of drug-likeness (QED) is 0.628. The second-order valence-corrected chi connectivity index (χ2v) is 4.90. The van der Waals surface area contributed by atoms with E-state index in [1.54, 1.807) is 11.5 Å². The third kappa shape index (κ3) is 3.04. The van der Waals surface area contributed by atoms with Gasteiger partial charge in [-0.15, -0.1) is 11.6 Å². The number of carbonyl (C=O) groups excluding carboxylic acids is 1. The van der Waals surface area contributed by atoms with Gasteiger partial charge in [0.15, 0.2) is 0 Å². The fourth-order valence-electron chi connectivity index (χ4n) is 1.96. The molecule has 4 nitrogen and oxygen atoms in total. The molecule has 0 saturated carbocycles. The van der Waals surface area contributed by atoms with Gasteiger partial charge in [-0.1, -0.05) is 11.6 Å². The van der Waals surface area contributed by atoms with Gasteiger partial charge in [-0.25, -0.2) is 9.37 Å². The summed E-state index contributed by atoms with van der Waals surface area (Å²) in [4.78, 5) is 16.0. The summed E-state index contributed by atoms with van der Waals surface area (Å²) in [6, 6.07) is 2.70. The van der Waals surface area contributed by atoms with Crippen molar-refractivity contribution < 1.29 is 13.9 Å². The number of benzene rings is 1. The number of aryl methyl sites for hydroxylation is 1. The lowest BCUT2D eigenvalue weighted by Crippen LogP contribution is -2.15. The van der Waals surface area contributed by atoms with Crippen LogP contribution in [0.3, 0.4) is 0 Å². The summed E-state index contributed by atoms with van der Waals surface area (Å²) in [6.07, 6.45) is 0.467. The van der Waals surface area contributed by atoms with E-state index < -0.39 is 11.8 Å². The Morgan fingerprint density at radius 3 is 2.90 bits per heavy atom. The van der Waals surface area contributed by atoms with Gasteiger partial charge in [0.1, 0.15) is 18.2 Å². The molecule has 20 heavy (non-hydrogen) atoms. The first-order valence-corrected chi connectivity index (χ1v) is 7.03. The SMILES string of the molecule is CCOC(=O)Cn1c(CCCl)nc2cc(Cl)c(F)cc21. The number of halogens is 3. The Kier molecular flexibility index (Phi) is 4.83. The molecule has 0 fully saturated rings. The second kappa shape index (κ2) is 6.41. The lowest BCUT2D eigenvalue weighted by atomic mass is 10.3. The van der Waals surface area contributed by atoms with Crippen molar-refractivity contribution in [3.05, 3.63) is 28.8 Å². The number of nitrogens with zero attached hydrogens (tertiary/aromatic N) is 2. The van der Waals surface area contributed by atoms with Crippen LogP contribution in [0.1, 0.15) is 12.7 Å². The maximum Gasteiger partial charge on any atom is 0.326 e. The summed E-state index contributed by atoms with van der Waals surface area (Å²) < 4.78 is 20.1. The van der Waals surface area contributed by atoms with Crippen molar-refractivity contribution in [3.63, 3.8) is 0 Å². The van der Waals surface area contributed by atoms with Crippen LogP contribution >= 0.6 is 23.2 Å². The van der Waals surface area contributed by atoms with E-state index in [9.17, 15) is 9.18 Å². The van der Waals surface area contributed by atoms with E-state index in [4.69, 9.17) is 27.9 Å². The molecular weight excluding hydrogens is 306 g/mol. The van der Waals surface area contributed by atoms with E-state index in [1.165, 1.54) is 12.1 Å². The fourth-order valence-corrected chi connectivity index (χ4v) is 2.28. The molecule has 0 atom stereocenters. The third-order valence-electron chi connectivity index (χ3n) is 2.78. The summed E-state index contributed by atoms with van der Waals surface area (Å²) in [5.74, 6) is -0.00757. The van der Waals surface area contributed by atoms with Crippen LogP contribution in [0.4, 0.5) is 4.39 Å². The van der Waals surface area contributed by atoms with E-state index >= 15 is 0 Å². The van der Waals surface area contributed by atoms with Crippen LogP contribution in [-0.4, -0.2) is 28.0 Å². The largest absolute Gasteiger partial charge is 0.465 e. The van der Waals surface area contributed by atoms with Gasteiger partial charge in [0.25, 0.3) is 0 Å². The summed E-state index contributed by atoms with van der Waals surface area (Å²) in [6.45, 7) is 1.98. The Morgan fingerprint density at radius 1 is 1.50 bits per heavy atom. The molecule has 7 heteroatoms. The number of rotatable bonds is 5. The monoisotopic (exact) mass is 318 g/mol. The van der Waals surface area contributed by atoms with Gasteiger partial charge in [-0.2, -0.15) is 0 Å². The first-order chi connectivity index (χ1) is 9.56. The molecule has 1 heterocycles. The molecule has 0 saturated heterocycles.